The molecule has 1 aromatic heterocycles. The number of rotatable bonds is 3. The first kappa shape index (κ1) is 15.8. The van der Waals surface area contributed by atoms with E-state index in [1.54, 1.807) is 23.4 Å². The number of halogens is 1. The van der Waals surface area contributed by atoms with Gasteiger partial charge in [-0.3, -0.25) is 4.79 Å². The number of aromatic nitrogens is 2. The predicted octanol–water partition coefficient (Wildman–Crippen LogP) is 2.78. The van der Waals surface area contributed by atoms with E-state index in [0.717, 1.165) is 16.6 Å². The summed E-state index contributed by atoms with van der Waals surface area (Å²) >= 11 is 0. The molecular weight excluding hydrogens is 321 g/mol. The van der Waals surface area contributed by atoms with Crippen LogP contribution >= 0.6 is 0 Å². The van der Waals surface area contributed by atoms with E-state index in [0.29, 0.717) is 19.7 Å². The van der Waals surface area contributed by atoms with Gasteiger partial charge in [-0.05, 0) is 29.8 Å². The van der Waals surface area contributed by atoms with Crippen molar-refractivity contribution >= 4 is 16.9 Å². The number of ether oxygens (including phenoxy) is 1. The molecule has 3 aromatic rings. The SMILES string of the molecule is O=C(Cn1cnc2ccccc21)N1CCO[C@H](c2ccc(F)cc2)C1. The number of hydrogen-bond donors (Lipinski definition) is 0. The van der Waals surface area contributed by atoms with E-state index >= 15 is 0 Å². The fourth-order valence-electron chi connectivity index (χ4n) is 3.14. The number of carbonyl (C=O) groups excluding carboxylic acids is 1. The Labute approximate surface area is 144 Å². The van der Waals surface area contributed by atoms with Crippen LogP contribution < -0.4 is 0 Å². The van der Waals surface area contributed by atoms with Gasteiger partial charge in [-0.1, -0.05) is 24.3 Å². The maximum Gasteiger partial charge on any atom is 0.242 e. The molecule has 1 amide bonds. The summed E-state index contributed by atoms with van der Waals surface area (Å²) in [4.78, 5) is 18.8. The van der Waals surface area contributed by atoms with Crippen LogP contribution in [0.4, 0.5) is 4.39 Å². The Balaban J connectivity index is 1.47. The Morgan fingerprint density at radius 3 is 2.84 bits per heavy atom. The Morgan fingerprint density at radius 2 is 2.00 bits per heavy atom. The van der Waals surface area contributed by atoms with Crippen molar-refractivity contribution in [2.45, 2.75) is 12.6 Å². The Hall–Kier alpha value is -2.73. The lowest BCUT2D eigenvalue weighted by molar-refractivity contribution is -0.139. The molecule has 1 fully saturated rings. The van der Waals surface area contributed by atoms with Crippen molar-refractivity contribution in [1.29, 1.82) is 0 Å². The van der Waals surface area contributed by atoms with Crippen molar-refractivity contribution in [3.05, 3.63) is 66.2 Å². The van der Waals surface area contributed by atoms with Crippen molar-refractivity contribution < 1.29 is 13.9 Å². The average Bonchev–Trinajstić information content (AvgIpc) is 3.05. The van der Waals surface area contributed by atoms with Crippen molar-refractivity contribution in [3.63, 3.8) is 0 Å². The summed E-state index contributed by atoms with van der Waals surface area (Å²) in [7, 11) is 0. The Morgan fingerprint density at radius 1 is 1.20 bits per heavy atom. The molecule has 5 nitrogen and oxygen atoms in total. The van der Waals surface area contributed by atoms with Crippen molar-refractivity contribution in [3.8, 4) is 0 Å². The summed E-state index contributed by atoms with van der Waals surface area (Å²) in [5.41, 5.74) is 2.70. The fraction of sp³-hybridized carbons (Fsp3) is 0.263. The molecule has 0 saturated carbocycles. The lowest BCUT2D eigenvalue weighted by Gasteiger charge is -2.33. The monoisotopic (exact) mass is 339 g/mol. The molecule has 0 aliphatic carbocycles. The van der Waals surface area contributed by atoms with Crippen molar-refractivity contribution in [2.75, 3.05) is 19.7 Å². The van der Waals surface area contributed by atoms with Gasteiger partial charge in [0.2, 0.25) is 5.91 Å². The standard InChI is InChI=1S/C19H18FN3O2/c20-15-7-5-14(6-8-15)18-11-22(9-10-25-18)19(24)12-23-13-21-16-3-1-2-4-17(16)23/h1-8,13,18H,9-12H2/t18-/m0/s1. The number of hydrogen-bond acceptors (Lipinski definition) is 3. The quantitative estimate of drug-likeness (QED) is 0.737. The topological polar surface area (TPSA) is 47.4 Å². The maximum atomic E-state index is 13.1. The van der Waals surface area contributed by atoms with Gasteiger partial charge in [0.1, 0.15) is 18.5 Å². The van der Waals surface area contributed by atoms with Crippen LogP contribution in [0.1, 0.15) is 11.7 Å². The Bertz CT molecular complexity index is 891. The third-order valence-electron chi connectivity index (χ3n) is 4.49. The van der Waals surface area contributed by atoms with E-state index in [9.17, 15) is 9.18 Å². The molecule has 2 heterocycles. The first-order chi connectivity index (χ1) is 12.2. The molecule has 0 spiro atoms. The number of nitrogens with zero attached hydrogens (tertiary/aromatic N) is 3. The molecule has 0 unspecified atom stereocenters. The molecule has 1 atom stereocenters. The summed E-state index contributed by atoms with van der Waals surface area (Å²) in [6.07, 6.45) is 1.47. The van der Waals surface area contributed by atoms with Gasteiger partial charge in [-0.25, -0.2) is 9.37 Å². The highest BCUT2D eigenvalue weighted by molar-refractivity contribution is 5.80. The van der Waals surface area contributed by atoms with E-state index in [4.69, 9.17) is 4.74 Å². The maximum absolute atomic E-state index is 13.1. The highest BCUT2D eigenvalue weighted by Crippen LogP contribution is 2.23. The minimum Gasteiger partial charge on any atom is -0.370 e. The van der Waals surface area contributed by atoms with E-state index in [1.165, 1.54) is 12.1 Å². The average molecular weight is 339 g/mol. The highest BCUT2D eigenvalue weighted by atomic mass is 19.1. The van der Waals surface area contributed by atoms with E-state index in [2.05, 4.69) is 4.98 Å². The zero-order valence-corrected chi connectivity index (χ0v) is 13.6. The van der Waals surface area contributed by atoms with E-state index < -0.39 is 0 Å². The van der Waals surface area contributed by atoms with Crippen LogP contribution in [-0.2, 0) is 16.1 Å². The summed E-state index contributed by atoms with van der Waals surface area (Å²) < 4.78 is 20.7. The third-order valence-corrected chi connectivity index (χ3v) is 4.49. The molecule has 2 aromatic carbocycles. The van der Waals surface area contributed by atoms with Crippen LogP contribution in [0.3, 0.4) is 0 Å². The van der Waals surface area contributed by atoms with Crippen molar-refractivity contribution in [2.24, 2.45) is 0 Å². The summed E-state index contributed by atoms with van der Waals surface area (Å²) in [5.74, 6) is -0.252. The number of morpholine rings is 1. The van der Waals surface area contributed by atoms with Crippen LogP contribution in [0.2, 0.25) is 0 Å². The molecule has 4 rings (SSSR count). The molecule has 6 heteroatoms. The molecule has 1 aliphatic heterocycles. The number of imidazole rings is 1. The van der Waals surface area contributed by atoms with Crippen LogP contribution in [0, 0.1) is 5.82 Å². The summed E-state index contributed by atoms with van der Waals surface area (Å²) in [6.45, 7) is 1.75. The second-order valence-electron chi connectivity index (χ2n) is 6.11. The molecule has 0 bridgehead atoms. The number of fused-ring (bicyclic) bond motifs is 1. The number of amides is 1. The molecule has 0 N–H and O–H groups in total. The normalized spacial score (nSPS) is 17.8. The fourth-order valence-corrected chi connectivity index (χ4v) is 3.14. The first-order valence-corrected chi connectivity index (χ1v) is 8.25. The minimum atomic E-state index is -0.278. The largest absolute Gasteiger partial charge is 0.370 e. The molecule has 1 saturated heterocycles. The van der Waals surface area contributed by atoms with Gasteiger partial charge in [-0.15, -0.1) is 0 Å². The van der Waals surface area contributed by atoms with Crippen LogP contribution in [0.5, 0.6) is 0 Å². The molecule has 128 valence electrons. The third kappa shape index (κ3) is 3.25. The van der Waals surface area contributed by atoms with Gasteiger partial charge < -0.3 is 14.2 Å². The number of para-hydroxylation sites is 2. The zero-order chi connectivity index (χ0) is 17.2. The Kier molecular flexibility index (Phi) is 4.19. The highest BCUT2D eigenvalue weighted by Gasteiger charge is 2.25. The van der Waals surface area contributed by atoms with E-state index in [1.807, 2.05) is 28.8 Å². The molecule has 0 radical (unpaired) electrons. The van der Waals surface area contributed by atoms with Crippen molar-refractivity contribution in [1.82, 2.24) is 14.5 Å². The van der Waals surface area contributed by atoms with Gasteiger partial charge in [0.25, 0.3) is 0 Å². The lowest BCUT2D eigenvalue weighted by atomic mass is 10.1. The smallest absolute Gasteiger partial charge is 0.242 e. The summed E-state index contributed by atoms with van der Waals surface area (Å²) in [5, 5.41) is 0. The van der Waals surface area contributed by atoms with Gasteiger partial charge in [0, 0.05) is 6.54 Å². The lowest BCUT2D eigenvalue weighted by Crippen LogP contribution is -2.43. The predicted molar refractivity (Wildman–Crippen MR) is 91.4 cm³/mol. The van der Waals surface area contributed by atoms with Gasteiger partial charge in [-0.2, -0.15) is 0 Å². The van der Waals surface area contributed by atoms with Crippen LogP contribution in [-0.4, -0.2) is 40.1 Å². The van der Waals surface area contributed by atoms with Gasteiger partial charge in [0.05, 0.1) is 30.5 Å². The van der Waals surface area contributed by atoms with Crippen LogP contribution in [0.15, 0.2) is 54.9 Å². The zero-order valence-electron chi connectivity index (χ0n) is 13.6. The second kappa shape index (κ2) is 6.64. The number of carbonyl (C=O) groups is 1. The molecule has 25 heavy (non-hydrogen) atoms. The van der Waals surface area contributed by atoms with Crippen LogP contribution in [0.25, 0.3) is 11.0 Å². The minimum absolute atomic E-state index is 0.0264. The van der Waals surface area contributed by atoms with Gasteiger partial charge >= 0.3 is 0 Å². The summed E-state index contributed by atoms with van der Waals surface area (Å²) in [6, 6.07) is 14.0. The van der Waals surface area contributed by atoms with E-state index in [-0.39, 0.29) is 24.4 Å². The first-order valence-electron chi connectivity index (χ1n) is 8.25. The number of benzene rings is 2. The molecule has 1 aliphatic rings. The van der Waals surface area contributed by atoms with Gasteiger partial charge in [0.15, 0.2) is 0 Å². The second-order valence-corrected chi connectivity index (χ2v) is 6.11. The molecular formula is C19H18FN3O2.